The van der Waals surface area contributed by atoms with E-state index in [1.165, 1.54) is 0 Å². The zero-order valence-corrected chi connectivity index (χ0v) is 15.5. The van der Waals surface area contributed by atoms with Crippen LogP contribution in [0.15, 0.2) is 24.3 Å². The third-order valence-electron chi connectivity index (χ3n) is 5.23. The van der Waals surface area contributed by atoms with E-state index in [1.807, 2.05) is 6.92 Å². The molecule has 1 aromatic carbocycles. The summed E-state index contributed by atoms with van der Waals surface area (Å²) < 4.78 is 124. The molecule has 2 rings (SSSR count). The van der Waals surface area contributed by atoms with Crippen LogP contribution >= 0.6 is 0 Å². The maximum Gasteiger partial charge on any atom is 0.460 e. The molecule has 29 heavy (non-hydrogen) atoms. The van der Waals surface area contributed by atoms with Crippen molar-refractivity contribution in [2.75, 3.05) is 6.61 Å². The Morgan fingerprint density at radius 1 is 0.793 bits per heavy atom. The molecule has 10 heteroatoms. The first kappa shape index (κ1) is 23.7. The first-order chi connectivity index (χ1) is 13.3. The van der Waals surface area contributed by atoms with E-state index in [9.17, 15) is 39.5 Å². The van der Waals surface area contributed by atoms with Gasteiger partial charge in [0.05, 0.1) is 6.61 Å². The van der Waals surface area contributed by atoms with E-state index >= 15 is 0 Å². The molecule has 1 saturated carbocycles. The van der Waals surface area contributed by atoms with Crippen molar-refractivity contribution in [1.29, 1.82) is 0 Å². The molecule has 0 heterocycles. The molecule has 0 aromatic heterocycles. The second-order valence-electron chi connectivity index (χ2n) is 7.24. The van der Waals surface area contributed by atoms with Crippen LogP contribution in [0.5, 0.6) is 5.75 Å². The highest BCUT2D eigenvalue weighted by atomic mass is 19.4. The Kier molecular flexibility index (Phi) is 6.74. The highest BCUT2D eigenvalue weighted by molar-refractivity contribution is 5.29. The molecule has 0 amide bonds. The average Bonchev–Trinajstić information content (AvgIpc) is 2.65. The standard InChI is InChI=1S/C19H21F9O/c1-2-11-29-15-9-5-13(6-10-15)12-3-7-14(8-4-12)16(20,21)17(22,23)18(24,25)19(26,27)28/h5-6,9-10,12,14H,2-4,7-8,11H2,1H3. The summed E-state index contributed by atoms with van der Waals surface area (Å²) >= 11 is 0. The first-order valence-corrected chi connectivity index (χ1v) is 9.18. The van der Waals surface area contributed by atoms with E-state index in [0.29, 0.717) is 12.4 Å². The molecule has 0 N–H and O–H groups in total. The third kappa shape index (κ3) is 4.45. The molecule has 0 aliphatic heterocycles. The van der Waals surface area contributed by atoms with Crippen LogP contribution in [-0.4, -0.2) is 30.6 Å². The smallest absolute Gasteiger partial charge is 0.460 e. The number of halogens is 9. The molecule has 1 aliphatic carbocycles. The van der Waals surface area contributed by atoms with Crippen molar-refractivity contribution in [3.8, 4) is 5.75 Å². The number of ether oxygens (including phenoxy) is 1. The molecule has 1 nitrogen and oxygen atoms in total. The van der Waals surface area contributed by atoms with E-state index in [2.05, 4.69) is 0 Å². The Balaban J connectivity index is 2.07. The Labute approximate surface area is 162 Å². The van der Waals surface area contributed by atoms with Gasteiger partial charge in [0, 0.05) is 5.92 Å². The molecule has 1 fully saturated rings. The highest BCUT2D eigenvalue weighted by Crippen LogP contribution is 2.57. The van der Waals surface area contributed by atoms with E-state index < -0.39 is 42.7 Å². The van der Waals surface area contributed by atoms with Crippen LogP contribution in [-0.2, 0) is 0 Å². The van der Waals surface area contributed by atoms with Gasteiger partial charge < -0.3 is 4.74 Å². The Bertz CT molecular complexity index is 659. The summed E-state index contributed by atoms with van der Waals surface area (Å²) in [7, 11) is 0. The van der Waals surface area contributed by atoms with E-state index in [-0.39, 0.29) is 18.8 Å². The summed E-state index contributed by atoms with van der Waals surface area (Å²) in [5, 5.41) is 0. The minimum absolute atomic E-state index is 0.0247. The van der Waals surface area contributed by atoms with Crippen molar-refractivity contribution in [2.24, 2.45) is 5.92 Å². The largest absolute Gasteiger partial charge is 0.494 e. The topological polar surface area (TPSA) is 9.23 Å². The lowest BCUT2D eigenvalue weighted by atomic mass is 9.74. The van der Waals surface area contributed by atoms with Crippen molar-refractivity contribution >= 4 is 0 Å². The number of hydrogen-bond donors (Lipinski definition) is 0. The van der Waals surface area contributed by atoms with Crippen LogP contribution in [0, 0.1) is 5.92 Å². The van der Waals surface area contributed by atoms with Gasteiger partial charge >= 0.3 is 23.9 Å². The van der Waals surface area contributed by atoms with Crippen LogP contribution < -0.4 is 4.74 Å². The SMILES string of the molecule is CCCOc1ccc(C2CCC(C(F)(F)C(F)(F)C(F)(F)C(F)(F)F)CC2)cc1. The average molecular weight is 436 g/mol. The lowest BCUT2D eigenvalue weighted by Gasteiger charge is -2.40. The van der Waals surface area contributed by atoms with E-state index in [1.54, 1.807) is 24.3 Å². The lowest BCUT2D eigenvalue weighted by molar-refractivity contribution is -0.404. The van der Waals surface area contributed by atoms with Crippen LogP contribution in [0.1, 0.15) is 50.5 Å². The molecule has 0 bridgehead atoms. The summed E-state index contributed by atoms with van der Waals surface area (Å²) in [5.41, 5.74) is 0.739. The van der Waals surface area contributed by atoms with Crippen LogP contribution in [0.4, 0.5) is 39.5 Å². The van der Waals surface area contributed by atoms with Gasteiger partial charge in [-0.25, -0.2) is 0 Å². The van der Waals surface area contributed by atoms with Crippen molar-refractivity contribution < 1.29 is 44.3 Å². The van der Waals surface area contributed by atoms with Gasteiger partial charge in [0.15, 0.2) is 0 Å². The molecule has 0 radical (unpaired) electrons. The molecule has 166 valence electrons. The lowest BCUT2D eigenvalue weighted by Crippen LogP contribution is -2.63. The van der Waals surface area contributed by atoms with Gasteiger partial charge in [0.1, 0.15) is 5.75 Å². The second-order valence-corrected chi connectivity index (χ2v) is 7.24. The predicted octanol–water partition coefficient (Wildman–Crippen LogP) is 7.22. The minimum Gasteiger partial charge on any atom is -0.494 e. The van der Waals surface area contributed by atoms with Crippen molar-refractivity contribution in [1.82, 2.24) is 0 Å². The minimum atomic E-state index is -6.82. The second kappa shape index (κ2) is 8.26. The maximum absolute atomic E-state index is 14.1. The monoisotopic (exact) mass is 436 g/mol. The molecule has 0 unspecified atom stereocenters. The summed E-state index contributed by atoms with van der Waals surface area (Å²) in [6, 6.07) is 6.73. The van der Waals surface area contributed by atoms with Gasteiger partial charge in [-0.2, -0.15) is 39.5 Å². The van der Waals surface area contributed by atoms with Crippen LogP contribution in [0.25, 0.3) is 0 Å². The number of rotatable bonds is 7. The zero-order valence-electron chi connectivity index (χ0n) is 15.5. The van der Waals surface area contributed by atoms with Gasteiger partial charge in [-0.15, -0.1) is 0 Å². The maximum atomic E-state index is 14.1. The first-order valence-electron chi connectivity index (χ1n) is 9.18. The molecule has 1 aromatic rings. The van der Waals surface area contributed by atoms with Crippen molar-refractivity contribution in [3.05, 3.63) is 29.8 Å². The summed E-state index contributed by atoms with van der Waals surface area (Å²) in [6.45, 7) is 2.44. The van der Waals surface area contributed by atoms with Gasteiger partial charge in [0.2, 0.25) is 0 Å². The molecule has 0 atom stereocenters. The van der Waals surface area contributed by atoms with Crippen LogP contribution in [0.2, 0.25) is 0 Å². The molecule has 1 aliphatic rings. The fourth-order valence-electron chi connectivity index (χ4n) is 3.49. The van der Waals surface area contributed by atoms with Gasteiger partial charge in [0.25, 0.3) is 0 Å². The Morgan fingerprint density at radius 3 is 1.76 bits per heavy atom. The zero-order chi connectivity index (χ0) is 22.1. The number of alkyl halides is 9. The van der Waals surface area contributed by atoms with Gasteiger partial charge in [-0.05, 0) is 55.7 Å². The van der Waals surface area contributed by atoms with Crippen LogP contribution in [0.3, 0.4) is 0 Å². The quantitative estimate of drug-likeness (QED) is 0.410. The number of benzene rings is 1. The normalized spacial score (nSPS) is 21.9. The van der Waals surface area contributed by atoms with E-state index in [4.69, 9.17) is 4.74 Å². The summed E-state index contributed by atoms with van der Waals surface area (Å²) in [5.74, 6) is -20.8. The molecule has 0 spiro atoms. The van der Waals surface area contributed by atoms with Gasteiger partial charge in [-0.3, -0.25) is 0 Å². The van der Waals surface area contributed by atoms with Crippen molar-refractivity contribution in [3.63, 3.8) is 0 Å². The fraction of sp³-hybridized carbons (Fsp3) is 0.684. The predicted molar refractivity (Wildman–Crippen MR) is 87.8 cm³/mol. The van der Waals surface area contributed by atoms with Crippen molar-refractivity contribution in [2.45, 2.75) is 68.9 Å². The Hall–Kier alpha value is -1.61. The number of hydrogen-bond acceptors (Lipinski definition) is 1. The summed E-state index contributed by atoms with van der Waals surface area (Å²) in [6.07, 6.45) is -7.20. The molecular weight excluding hydrogens is 415 g/mol. The Morgan fingerprint density at radius 2 is 1.31 bits per heavy atom. The summed E-state index contributed by atoms with van der Waals surface area (Å²) in [4.78, 5) is 0. The fourth-order valence-corrected chi connectivity index (χ4v) is 3.49. The molecule has 0 saturated heterocycles. The highest BCUT2D eigenvalue weighted by Gasteiger charge is 2.82. The van der Waals surface area contributed by atoms with E-state index in [0.717, 1.165) is 12.0 Å². The van der Waals surface area contributed by atoms with Gasteiger partial charge in [-0.1, -0.05) is 19.1 Å². The molecular formula is C19H21F9O. The third-order valence-corrected chi connectivity index (χ3v) is 5.23.